The first-order valence-corrected chi connectivity index (χ1v) is 5.70. The summed E-state index contributed by atoms with van der Waals surface area (Å²) in [6, 6.07) is 0. The number of fused-ring (bicyclic) bond motifs is 3. The zero-order chi connectivity index (χ0) is 11.5. The molecule has 3 aliphatic heterocycles. The zero-order valence-corrected chi connectivity index (χ0v) is 9.25. The first kappa shape index (κ1) is 11.6. The van der Waals surface area contributed by atoms with Gasteiger partial charge in [-0.15, -0.1) is 0 Å². The van der Waals surface area contributed by atoms with Crippen molar-refractivity contribution in [3.8, 4) is 0 Å². The average Bonchev–Trinajstić information content (AvgIpc) is 2.36. The van der Waals surface area contributed by atoms with Crippen LogP contribution in [0.1, 0.15) is 12.8 Å². The molecule has 3 fully saturated rings. The molecule has 3 heterocycles. The molecule has 2 bridgehead atoms. The predicted molar refractivity (Wildman–Crippen MR) is 58.8 cm³/mol. The minimum Gasteiger partial charge on any atom is -0.461 e. The smallest absolute Gasteiger partial charge is 0.367 e. The van der Waals surface area contributed by atoms with Crippen LogP contribution in [0.25, 0.3) is 0 Å². The molecule has 0 N–H and O–H groups in total. The Kier molecular flexibility index (Phi) is 3.64. The second kappa shape index (κ2) is 5.00. The molecule has 16 heavy (non-hydrogen) atoms. The van der Waals surface area contributed by atoms with Gasteiger partial charge in [0.15, 0.2) is 0 Å². The fourth-order valence-corrected chi connectivity index (χ4v) is 2.40. The quantitative estimate of drug-likeness (QED) is 0.407. The maximum absolute atomic E-state index is 13.8. The van der Waals surface area contributed by atoms with Gasteiger partial charge < -0.3 is 4.74 Å². The van der Waals surface area contributed by atoms with Gasteiger partial charge in [-0.25, -0.2) is 4.79 Å². The van der Waals surface area contributed by atoms with E-state index in [9.17, 15) is 9.18 Å². The van der Waals surface area contributed by atoms with Gasteiger partial charge in [0.2, 0.25) is 5.83 Å². The van der Waals surface area contributed by atoms with Gasteiger partial charge >= 0.3 is 5.97 Å². The molecule has 0 unspecified atom stereocenters. The maximum Gasteiger partial charge on any atom is 0.367 e. The number of carbonyl (C=O) groups excluding carboxylic acids is 1. The van der Waals surface area contributed by atoms with Crippen LogP contribution in [0, 0.1) is 5.92 Å². The largest absolute Gasteiger partial charge is 0.461 e. The standard InChI is InChI=1S/C11H15BFNO2/c12-3-6-16-11(15)10(13)9-7-14-4-1-8(9)2-5-14/h8H,1-7H2. The monoisotopic (exact) mass is 223 g/mol. The second-order valence-electron chi connectivity index (χ2n) is 4.31. The Bertz CT molecular complexity index is 311. The van der Waals surface area contributed by atoms with Crippen molar-refractivity contribution in [1.29, 1.82) is 0 Å². The number of rotatable bonds is 3. The highest BCUT2D eigenvalue weighted by Crippen LogP contribution is 2.34. The summed E-state index contributed by atoms with van der Waals surface area (Å²) in [5.41, 5.74) is 0.625. The van der Waals surface area contributed by atoms with Crippen molar-refractivity contribution < 1.29 is 13.9 Å². The lowest BCUT2D eigenvalue weighted by Gasteiger charge is -2.40. The number of ether oxygens (including phenoxy) is 1. The predicted octanol–water partition coefficient (Wildman–Crippen LogP) is 1.07. The Balaban J connectivity index is 2.05. The average molecular weight is 223 g/mol. The van der Waals surface area contributed by atoms with E-state index in [1.54, 1.807) is 0 Å². The SMILES string of the molecule is [B]CCOC(=O)C(F)=C1CN2CCC1CC2. The van der Waals surface area contributed by atoms with Gasteiger partial charge in [-0.2, -0.15) is 4.39 Å². The Hall–Kier alpha value is -0.835. The van der Waals surface area contributed by atoms with Gasteiger partial charge in [0.1, 0.15) is 0 Å². The molecule has 0 saturated carbocycles. The highest BCUT2D eigenvalue weighted by atomic mass is 19.1. The number of hydrogen-bond acceptors (Lipinski definition) is 3. The fraction of sp³-hybridized carbons (Fsp3) is 0.727. The van der Waals surface area contributed by atoms with Crippen LogP contribution >= 0.6 is 0 Å². The number of esters is 1. The molecule has 3 saturated heterocycles. The molecule has 0 aromatic carbocycles. The Morgan fingerprint density at radius 2 is 2.19 bits per heavy atom. The van der Waals surface area contributed by atoms with Crippen molar-refractivity contribution in [2.75, 3.05) is 26.2 Å². The first-order valence-electron chi connectivity index (χ1n) is 5.70. The van der Waals surface area contributed by atoms with Crippen molar-refractivity contribution in [2.24, 2.45) is 5.92 Å². The summed E-state index contributed by atoms with van der Waals surface area (Å²) in [5, 5.41) is 0. The van der Waals surface area contributed by atoms with E-state index in [1.165, 1.54) is 0 Å². The molecule has 5 heteroatoms. The Morgan fingerprint density at radius 3 is 2.69 bits per heavy atom. The van der Waals surface area contributed by atoms with Gasteiger partial charge in [0.25, 0.3) is 0 Å². The van der Waals surface area contributed by atoms with Gasteiger partial charge in [0, 0.05) is 6.54 Å². The molecule has 0 atom stereocenters. The lowest BCUT2D eigenvalue weighted by molar-refractivity contribution is -0.140. The maximum atomic E-state index is 13.8. The molecule has 86 valence electrons. The van der Waals surface area contributed by atoms with E-state index < -0.39 is 11.8 Å². The zero-order valence-electron chi connectivity index (χ0n) is 9.25. The van der Waals surface area contributed by atoms with E-state index in [0.717, 1.165) is 25.9 Å². The minimum atomic E-state index is -0.853. The highest BCUT2D eigenvalue weighted by Gasteiger charge is 2.33. The van der Waals surface area contributed by atoms with E-state index in [4.69, 9.17) is 12.6 Å². The summed E-state index contributed by atoms with van der Waals surface area (Å²) in [7, 11) is 5.19. The summed E-state index contributed by atoms with van der Waals surface area (Å²) >= 11 is 0. The third-order valence-corrected chi connectivity index (χ3v) is 3.29. The van der Waals surface area contributed by atoms with E-state index in [-0.39, 0.29) is 18.8 Å². The lowest BCUT2D eigenvalue weighted by atomic mass is 9.83. The van der Waals surface area contributed by atoms with E-state index in [2.05, 4.69) is 4.90 Å². The molecule has 0 aromatic heterocycles. The second-order valence-corrected chi connectivity index (χ2v) is 4.31. The number of nitrogens with zero attached hydrogens (tertiary/aromatic N) is 1. The molecule has 3 aliphatic rings. The molecule has 0 aromatic rings. The molecular weight excluding hydrogens is 208 g/mol. The summed E-state index contributed by atoms with van der Waals surface area (Å²) < 4.78 is 18.5. The van der Waals surface area contributed by atoms with Crippen LogP contribution < -0.4 is 0 Å². The highest BCUT2D eigenvalue weighted by molar-refractivity contribution is 6.08. The van der Waals surface area contributed by atoms with Gasteiger partial charge in [-0.1, -0.05) is 6.32 Å². The van der Waals surface area contributed by atoms with E-state index in [1.807, 2.05) is 0 Å². The molecule has 3 rings (SSSR count). The lowest BCUT2D eigenvalue weighted by Crippen LogP contribution is -2.43. The molecule has 3 nitrogen and oxygen atoms in total. The molecule has 0 aliphatic carbocycles. The first-order chi connectivity index (χ1) is 7.72. The van der Waals surface area contributed by atoms with Gasteiger partial charge in [0.05, 0.1) is 14.5 Å². The van der Waals surface area contributed by atoms with Crippen LogP contribution in [-0.2, 0) is 9.53 Å². The van der Waals surface area contributed by atoms with Crippen molar-refractivity contribution in [2.45, 2.75) is 19.2 Å². The third-order valence-electron chi connectivity index (χ3n) is 3.29. The molecular formula is C11H15BFNO2. The van der Waals surface area contributed by atoms with Gasteiger partial charge in [-0.05, 0) is 37.4 Å². The van der Waals surface area contributed by atoms with Crippen molar-refractivity contribution in [3.05, 3.63) is 11.4 Å². The number of piperidine rings is 3. The van der Waals surface area contributed by atoms with Crippen LogP contribution in [0.3, 0.4) is 0 Å². The summed E-state index contributed by atoms with van der Waals surface area (Å²) in [6.07, 6.45) is 2.13. The summed E-state index contributed by atoms with van der Waals surface area (Å²) in [6.45, 7) is 2.68. The molecule has 0 spiro atoms. The number of carbonyl (C=O) groups is 1. The van der Waals surface area contributed by atoms with Crippen molar-refractivity contribution >= 4 is 13.8 Å². The Labute approximate surface area is 96.0 Å². The molecule has 0 amide bonds. The van der Waals surface area contributed by atoms with Crippen LogP contribution in [0.4, 0.5) is 4.39 Å². The Morgan fingerprint density at radius 1 is 1.50 bits per heavy atom. The van der Waals surface area contributed by atoms with Crippen molar-refractivity contribution in [1.82, 2.24) is 4.90 Å². The number of hydrogen-bond donors (Lipinski definition) is 0. The van der Waals surface area contributed by atoms with Gasteiger partial charge in [-0.3, -0.25) is 4.90 Å². The fourth-order valence-electron chi connectivity index (χ4n) is 2.40. The minimum absolute atomic E-state index is 0.0773. The van der Waals surface area contributed by atoms with Crippen LogP contribution in [0.2, 0.25) is 6.32 Å². The van der Waals surface area contributed by atoms with Crippen LogP contribution in [-0.4, -0.2) is 45.0 Å². The summed E-state index contributed by atoms with van der Waals surface area (Å²) in [5.74, 6) is -1.31. The van der Waals surface area contributed by atoms with Crippen LogP contribution in [0.15, 0.2) is 11.4 Å². The number of halogens is 1. The third kappa shape index (κ3) is 2.29. The normalized spacial score (nSPS) is 31.3. The van der Waals surface area contributed by atoms with E-state index >= 15 is 0 Å². The van der Waals surface area contributed by atoms with Crippen molar-refractivity contribution in [3.63, 3.8) is 0 Å². The molecule has 2 radical (unpaired) electrons. The summed E-state index contributed by atoms with van der Waals surface area (Å²) in [4.78, 5) is 13.5. The van der Waals surface area contributed by atoms with E-state index in [0.29, 0.717) is 12.1 Å². The topological polar surface area (TPSA) is 29.5 Å². The van der Waals surface area contributed by atoms with Crippen LogP contribution in [0.5, 0.6) is 0 Å².